The van der Waals surface area contributed by atoms with Crippen molar-refractivity contribution in [2.24, 2.45) is 0 Å². The highest BCUT2D eigenvalue weighted by Crippen LogP contribution is 2.04. The van der Waals surface area contributed by atoms with E-state index in [4.69, 9.17) is 0 Å². The van der Waals surface area contributed by atoms with E-state index < -0.39 is 0 Å². The minimum Gasteiger partial charge on any atom is -0.468 e. The van der Waals surface area contributed by atoms with Crippen molar-refractivity contribution in [1.29, 1.82) is 0 Å². The number of carbonyl (C=O) groups excluding carboxylic acids is 2. The summed E-state index contributed by atoms with van der Waals surface area (Å²) >= 11 is 3.21. The van der Waals surface area contributed by atoms with Crippen LogP contribution in [-0.2, 0) is 14.3 Å². The van der Waals surface area contributed by atoms with Crippen LogP contribution < -0.4 is 5.32 Å². The fourth-order valence-corrected chi connectivity index (χ4v) is 1.67. The Balaban J connectivity index is 3.78. The first kappa shape index (κ1) is 14.4. The second kappa shape index (κ2) is 7.64. The van der Waals surface area contributed by atoms with E-state index in [1.165, 1.54) is 7.11 Å². The lowest BCUT2D eigenvalue weighted by atomic mass is 10.3. The van der Waals surface area contributed by atoms with Crippen molar-refractivity contribution in [2.75, 3.05) is 34.3 Å². The van der Waals surface area contributed by atoms with Crippen molar-refractivity contribution in [3.8, 4) is 0 Å². The molecule has 0 fully saturated rings. The maximum absolute atomic E-state index is 11.1. The van der Waals surface area contributed by atoms with Gasteiger partial charge in [-0.15, -0.1) is 0 Å². The van der Waals surface area contributed by atoms with Crippen LogP contribution in [0.1, 0.15) is 6.42 Å². The van der Waals surface area contributed by atoms with Gasteiger partial charge in [-0.05, 0) is 7.05 Å². The molecule has 0 bridgehead atoms. The van der Waals surface area contributed by atoms with Crippen LogP contribution in [0, 0.1) is 0 Å². The number of nitrogens with zero attached hydrogens (tertiary/aromatic N) is 1. The minimum absolute atomic E-state index is 0.00830. The Kier molecular flexibility index (Phi) is 7.33. The number of nitrogens with one attached hydrogen (secondary N) is 1. The van der Waals surface area contributed by atoms with Crippen molar-refractivity contribution < 1.29 is 14.3 Å². The molecule has 6 heteroatoms. The van der Waals surface area contributed by atoms with Gasteiger partial charge in [0.2, 0.25) is 5.91 Å². The molecule has 0 heterocycles. The first-order chi connectivity index (χ1) is 7.01. The number of esters is 1. The molecule has 1 unspecified atom stereocenters. The van der Waals surface area contributed by atoms with Gasteiger partial charge >= 0.3 is 5.97 Å². The molecule has 0 saturated heterocycles. The van der Waals surface area contributed by atoms with Crippen LogP contribution in [0.5, 0.6) is 0 Å². The third-order valence-corrected chi connectivity index (χ3v) is 2.59. The van der Waals surface area contributed by atoms with E-state index in [0.717, 1.165) is 0 Å². The number of alkyl halides is 1. The number of methoxy groups -OCH3 is 1. The maximum atomic E-state index is 11.1. The van der Waals surface area contributed by atoms with Crippen LogP contribution in [0.25, 0.3) is 0 Å². The summed E-state index contributed by atoms with van der Waals surface area (Å²) in [4.78, 5) is 23.6. The topological polar surface area (TPSA) is 58.6 Å². The van der Waals surface area contributed by atoms with E-state index >= 15 is 0 Å². The summed E-state index contributed by atoms with van der Waals surface area (Å²) in [5.41, 5.74) is 0. The zero-order valence-electron chi connectivity index (χ0n) is 9.25. The maximum Gasteiger partial charge on any atom is 0.320 e. The molecule has 1 amide bonds. The highest BCUT2D eigenvalue weighted by atomic mass is 79.9. The number of halogens is 1. The van der Waals surface area contributed by atoms with Gasteiger partial charge in [-0.2, -0.15) is 0 Å². The number of hydrogen-bond acceptors (Lipinski definition) is 4. The zero-order chi connectivity index (χ0) is 11.8. The van der Waals surface area contributed by atoms with Crippen LogP contribution >= 0.6 is 15.9 Å². The van der Waals surface area contributed by atoms with Crippen molar-refractivity contribution in [3.63, 3.8) is 0 Å². The molecule has 0 radical (unpaired) electrons. The third kappa shape index (κ3) is 6.46. The summed E-state index contributed by atoms with van der Waals surface area (Å²) in [6.45, 7) is 1.13. The normalized spacial score (nSPS) is 12.3. The van der Waals surface area contributed by atoms with Crippen LogP contribution in [0.3, 0.4) is 0 Å². The Morgan fingerprint density at radius 2 is 2.13 bits per heavy atom. The Morgan fingerprint density at radius 1 is 1.53 bits per heavy atom. The largest absolute Gasteiger partial charge is 0.468 e. The van der Waals surface area contributed by atoms with Gasteiger partial charge in [0.05, 0.1) is 7.11 Å². The highest BCUT2D eigenvalue weighted by Gasteiger charge is 2.17. The van der Waals surface area contributed by atoms with Gasteiger partial charge in [0.25, 0.3) is 0 Å². The van der Waals surface area contributed by atoms with Gasteiger partial charge in [0.15, 0.2) is 0 Å². The Bertz CT molecular complexity index is 223. The lowest BCUT2D eigenvalue weighted by molar-refractivity contribution is -0.140. The summed E-state index contributed by atoms with van der Waals surface area (Å²) in [5.74, 6) is -0.312. The molecule has 88 valence electrons. The Morgan fingerprint density at radius 3 is 2.60 bits per heavy atom. The van der Waals surface area contributed by atoms with Crippen LogP contribution in [0.15, 0.2) is 0 Å². The second-order valence-electron chi connectivity index (χ2n) is 3.18. The standard InChI is InChI=1S/C9H17BrN2O3/c1-11-8(13)4-5-12(2)6-7(10)9(14)15-3/h7H,4-6H2,1-3H3,(H,11,13). The first-order valence-electron chi connectivity index (χ1n) is 4.62. The number of hydrogen-bond donors (Lipinski definition) is 1. The molecule has 1 atom stereocenters. The summed E-state index contributed by atoms with van der Waals surface area (Å²) in [7, 11) is 4.80. The van der Waals surface area contributed by atoms with E-state index in [1.807, 2.05) is 11.9 Å². The number of carbonyl (C=O) groups is 2. The van der Waals surface area contributed by atoms with Crippen LogP contribution in [-0.4, -0.2) is 55.9 Å². The molecular weight excluding hydrogens is 264 g/mol. The van der Waals surface area contributed by atoms with Gasteiger partial charge in [-0.3, -0.25) is 9.59 Å². The van der Waals surface area contributed by atoms with Gasteiger partial charge in [-0.1, -0.05) is 15.9 Å². The van der Waals surface area contributed by atoms with E-state index in [0.29, 0.717) is 19.5 Å². The minimum atomic E-state index is -0.350. The van der Waals surface area contributed by atoms with Crippen molar-refractivity contribution in [1.82, 2.24) is 10.2 Å². The molecule has 0 aliphatic carbocycles. The molecule has 0 saturated carbocycles. The van der Waals surface area contributed by atoms with Gasteiger partial charge in [0.1, 0.15) is 4.83 Å². The SMILES string of the molecule is CNC(=O)CCN(C)CC(Br)C(=O)OC. The van der Waals surface area contributed by atoms with E-state index in [1.54, 1.807) is 7.05 Å². The first-order valence-corrected chi connectivity index (χ1v) is 5.53. The molecule has 0 aromatic carbocycles. The van der Waals surface area contributed by atoms with E-state index in [-0.39, 0.29) is 16.7 Å². The lowest BCUT2D eigenvalue weighted by Crippen LogP contribution is -2.34. The molecule has 0 aromatic rings. The predicted molar refractivity (Wildman–Crippen MR) is 60.9 cm³/mol. The zero-order valence-corrected chi connectivity index (χ0v) is 10.8. The van der Waals surface area contributed by atoms with Gasteiger partial charge in [0, 0.05) is 26.6 Å². The Labute approximate surface area is 98.3 Å². The molecule has 5 nitrogen and oxygen atoms in total. The smallest absolute Gasteiger partial charge is 0.320 e. The molecule has 1 N–H and O–H groups in total. The van der Waals surface area contributed by atoms with Crippen molar-refractivity contribution in [3.05, 3.63) is 0 Å². The number of amides is 1. The van der Waals surface area contributed by atoms with E-state index in [9.17, 15) is 9.59 Å². The predicted octanol–water partition coefficient (Wildman–Crippen LogP) is -0.00920. The van der Waals surface area contributed by atoms with Crippen molar-refractivity contribution in [2.45, 2.75) is 11.2 Å². The fraction of sp³-hybridized carbons (Fsp3) is 0.778. The third-order valence-electron chi connectivity index (χ3n) is 1.93. The summed E-state index contributed by atoms with van der Waals surface area (Å²) in [6.07, 6.45) is 0.424. The fourth-order valence-electron chi connectivity index (χ4n) is 0.985. The monoisotopic (exact) mass is 280 g/mol. The average molecular weight is 281 g/mol. The summed E-state index contributed by atoms with van der Waals surface area (Å²) in [5, 5.41) is 2.54. The van der Waals surface area contributed by atoms with E-state index in [2.05, 4.69) is 26.0 Å². The lowest BCUT2D eigenvalue weighted by Gasteiger charge is -2.18. The van der Waals surface area contributed by atoms with Crippen LogP contribution in [0.2, 0.25) is 0 Å². The van der Waals surface area contributed by atoms with Crippen LogP contribution in [0.4, 0.5) is 0 Å². The molecule has 0 aliphatic rings. The Hall–Kier alpha value is -0.620. The molecular formula is C9H17BrN2O3. The number of rotatable bonds is 6. The summed E-state index contributed by atoms with van der Waals surface area (Å²) in [6, 6.07) is 0. The molecule has 0 aliphatic heterocycles. The summed E-state index contributed by atoms with van der Waals surface area (Å²) < 4.78 is 4.57. The molecule has 0 spiro atoms. The molecule has 0 rings (SSSR count). The van der Waals surface area contributed by atoms with Gasteiger partial charge in [-0.25, -0.2) is 0 Å². The molecule has 15 heavy (non-hydrogen) atoms. The quantitative estimate of drug-likeness (QED) is 0.549. The second-order valence-corrected chi connectivity index (χ2v) is 4.28. The average Bonchev–Trinajstić information content (AvgIpc) is 2.24. The highest BCUT2D eigenvalue weighted by molar-refractivity contribution is 9.10. The van der Waals surface area contributed by atoms with Crippen molar-refractivity contribution >= 4 is 27.8 Å². The van der Waals surface area contributed by atoms with Gasteiger partial charge < -0.3 is 15.0 Å². The molecule has 0 aromatic heterocycles. The number of ether oxygens (including phenoxy) is 1.